The highest BCUT2D eigenvalue weighted by atomic mass is 32.2. The first-order chi connectivity index (χ1) is 11.6. The number of carbonyl (C=O) groups is 3. The van der Waals surface area contributed by atoms with Crippen LogP contribution in [0.4, 0.5) is 0 Å². The van der Waals surface area contributed by atoms with Gasteiger partial charge in [0.05, 0.1) is 10.8 Å². The van der Waals surface area contributed by atoms with Crippen LogP contribution in [0.3, 0.4) is 0 Å². The molecular weight excluding hydrogens is 326 g/mol. The van der Waals surface area contributed by atoms with Crippen molar-refractivity contribution < 1.29 is 14.4 Å². The summed E-state index contributed by atoms with van der Waals surface area (Å²) >= 11 is 1.33. The predicted molar refractivity (Wildman–Crippen MR) is 91.9 cm³/mol. The number of hydrogen-bond acceptors (Lipinski definition) is 5. The first kappa shape index (κ1) is 17.0. The second kappa shape index (κ2) is 7.36. The van der Waals surface area contributed by atoms with E-state index in [0.717, 1.165) is 18.0 Å². The zero-order valence-electron chi connectivity index (χ0n) is 13.7. The maximum absolute atomic E-state index is 12.8. The summed E-state index contributed by atoms with van der Waals surface area (Å²) < 4.78 is 0. The number of piperazine rings is 1. The molecule has 128 valence electrons. The van der Waals surface area contributed by atoms with Crippen molar-refractivity contribution >= 4 is 29.5 Å². The van der Waals surface area contributed by atoms with Gasteiger partial charge in [-0.3, -0.25) is 19.3 Å². The van der Waals surface area contributed by atoms with Crippen LogP contribution in [0, 0.1) is 0 Å². The Morgan fingerprint density at radius 3 is 2.62 bits per heavy atom. The smallest absolute Gasteiger partial charge is 0.255 e. The van der Waals surface area contributed by atoms with E-state index in [0.29, 0.717) is 25.2 Å². The second-order valence-electron chi connectivity index (χ2n) is 5.83. The van der Waals surface area contributed by atoms with Crippen LogP contribution in [-0.2, 0) is 9.59 Å². The van der Waals surface area contributed by atoms with Crippen molar-refractivity contribution in [3.63, 3.8) is 0 Å². The van der Waals surface area contributed by atoms with E-state index < -0.39 is 5.25 Å². The fourth-order valence-corrected chi connectivity index (χ4v) is 4.21. The molecule has 0 aliphatic carbocycles. The quantitative estimate of drug-likeness (QED) is 0.822. The molecule has 2 aliphatic heterocycles. The molecule has 0 aromatic heterocycles. The summed E-state index contributed by atoms with van der Waals surface area (Å²) in [4.78, 5) is 40.9. The number of imide groups is 1. The first-order valence-corrected chi connectivity index (χ1v) is 9.09. The Morgan fingerprint density at radius 1 is 1.25 bits per heavy atom. The van der Waals surface area contributed by atoms with Gasteiger partial charge in [0.1, 0.15) is 0 Å². The Bertz CT molecular complexity index is 658. The summed E-state index contributed by atoms with van der Waals surface area (Å²) in [6, 6.07) is 7.34. The van der Waals surface area contributed by atoms with Gasteiger partial charge in [0.15, 0.2) is 0 Å². The number of amides is 3. The molecule has 1 aromatic carbocycles. The number of carbonyl (C=O) groups excluding carboxylic acids is 3. The molecule has 0 spiro atoms. The number of rotatable bonds is 4. The van der Waals surface area contributed by atoms with E-state index in [-0.39, 0.29) is 24.1 Å². The molecule has 1 atom stereocenters. The lowest BCUT2D eigenvalue weighted by molar-refractivity contribution is -0.137. The van der Waals surface area contributed by atoms with Crippen LogP contribution in [0.25, 0.3) is 0 Å². The molecule has 3 rings (SSSR count). The lowest BCUT2D eigenvalue weighted by Crippen LogP contribution is -2.46. The van der Waals surface area contributed by atoms with Crippen molar-refractivity contribution in [2.24, 2.45) is 0 Å². The molecule has 3 amide bonds. The average molecular weight is 347 g/mol. The van der Waals surface area contributed by atoms with Gasteiger partial charge in [-0.2, -0.15) is 0 Å². The molecule has 0 unspecified atom stereocenters. The van der Waals surface area contributed by atoms with Crippen LogP contribution in [-0.4, -0.2) is 65.5 Å². The second-order valence-corrected chi connectivity index (χ2v) is 7.07. The molecule has 24 heavy (non-hydrogen) atoms. The zero-order valence-corrected chi connectivity index (χ0v) is 14.5. The summed E-state index contributed by atoms with van der Waals surface area (Å²) in [6.07, 6.45) is 0.202. The highest BCUT2D eigenvalue weighted by Crippen LogP contribution is 2.33. The molecule has 0 saturated carbocycles. The van der Waals surface area contributed by atoms with Crippen LogP contribution in [0.15, 0.2) is 29.2 Å². The molecular formula is C17H21N3O3S. The number of nitrogens with one attached hydrogen (secondary N) is 1. The van der Waals surface area contributed by atoms with Crippen molar-refractivity contribution in [3.05, 3.63) is 29.8 Å². The molecule has 7 heteroatoms. The highest BCUT2D eigenvalue weighted by Gasteiger charge is 2.38. The van der Waals surface area contributed by atoms with Crippen molar-refractivity contribution in [1.29, 1.82) is 0 Å². The average Bonchev–Trinajstić information content (AvgIpc) is 2.88. The van der Waals surface area contributed by atoms with Gasteiger partial charge in [0.2, 0.25) is 11.8 Å². The third-order valence-electron chi connectivity index (χ3n) is 4.31. The van der Waals surface area contributed by atoms with Crippen LogP contribution >= 0.6 is 11.8 Å². The standard InChI is InChI=1S/C17H21N3O3S/c1-2-20-15(21)11-14(17(20)23)24-13-6-4-3-5-12(13)16(22)19-9-7-18-8-10-19/h3-6,14,18H,2,7-11H2,1H3/t14-/m0/s1. The summed E-state index contributed by atoms with van der Waals surface area (Å²) in [6.45, 7) is 5.15. The van der Waals surface area contributed by atoms with E-state index in [9.17, 15) is 14.4 Å². The predicted octanol–water partition coefficient (Wildman–Crippen LogP) is 0.972. The van der Waals surface area contributed by atoms with Crippen molar-refractivity contribution in [1.82, 2.24) is 15.1 Å². The van der Waals surface area contributed by atoms with Gasteiger partial charge in [0.25, 0.3) is 5.91 Å². The monoisotopic (exact) mass is 347 g/mol. The van der Waals surface area contributed by atoms with E-state index in [4.69, 9.17) is 0 Å². The topological polar surface area (TPSA) is 69.7 Å². The Hall–Kier alpha value is -1.86. The SMILES string of the molecule is CCN1C(=O)C[C@H](Sc2ccccc2C(=O)N2CCNCC2)C1=O. The number of hydrogen-bond donors (Lipinski definition) is 1. The molecule has 1 N–H and O–H groups in total. The molecule has 0 radical (unpaired) electrons. The summed E-state index contributed by atoms with van der Waals surface area (Å²) in [7, 11) is 0. The maximum atomic E-state index is 12.8. The van der Waals surface area contributed by atoms with E-state index >= 15 is 0 Å². The van der Waals surface area contributed by atoms with Crippen molar-refractivity contribution in [2.45, 2.75) is 23.5 Å². The fourth-order valence-electron chi connectivity index (χ4n) is 3.01. The molecule has 2 saturated heterocycles. The first-order valence-electron chi connectivity index (χ1n) is 8.21. The molecule has 2 heterocycles. The lowest BCUT2D eigenvalue weighted by atomic mass is 10.2. The third-order valence-corrected chi connectivity index (χ3v) is 5.57. The summed E-state index contributed by atoms with van der Waals surface area (Å²) in [5.41, 5.74) is 0.611. The Morgan fingerprint density at radius 2 is 1.96 bits per heavy atom. The van der Waals surface area contributed by atoms with E-state index in [1.165, 1.54) is 16.7 Å². The maximum Gasteiger partial charge on any atom is 0.255 e. The minimum atomic E-state index is -0.436. The number of thioether (sulfide) groups is 1. The number of benzene rings is 1. The third kappa shape index (κ3) is 3.32. The van der Waals surface area contributed by atoms with Crippen LogP contribution in [0.5, 0.6) is 0 Å². The molecule has 6 nitrogen and oxygen atoms in total. The minimum absolute atomic E-state index is 0.0104. The van der Waals surface area contributed by atoms with Crippen molar-refractivity contribution in [3.8, 4) is 0 Å². The number of likely N-dealkylation sites (tertiary alicyclic amines) is 1. The van der Waals surface area contributed by atoms with E-state index in [1.807, 2.05) is 23.1 Å². The zero-order chi connectivity index (χ0) is 17.1. The Labute approximate surface area is 145 Å². The van der Waals surface area contributed by atoms with Gasteiger partial charge in [-0.25, -0.2) is 0 Å². The van der Waals surface area contributed by atoms with Gasteiger partial charge in [0, 0.05) is 44.0 Å². The largest absolute Gasteiger partial charge is 0.336 e. The van der Waals surface area contributed by atoms with Crippen LogP contribution < -0.4 is 5.32 Å². The van der Waals surface area contributed by atoms with Gasteiger partial charge in [-0.15, -0.1) is 11.8 Å². The summed E-state index contributed by atoms with van der Waals surface area (Å²) in [5.74, 6) is -0.299. The normalized spacial score (nSPS) is 21.5. The van der Waals surface area contributed by atoms with E-state index in [2.05, 4.69) is 5.32 Å². The lowest BCUT2D eigenvalue weighted by Gasteiger charge is -2.28. The van der Waals surface area contributed by atoms with Crippen LogP contribution in [0.1, 0.15) is 23.7 Å². The summed E-state index contributed by atoms with van der Waals surface area (Å²) in [5, 5.41) is 2.79. The van der Waals surface area contributed by atoms with E-state index in [1.54, 1.807) is 13.0 Å². The van der Waals surface area contributed by atoms with Gasteiger partial charge in [-0.05, 0) is 19.1 Å². The number of nitrogens with zero attached hydrogens (tertiary/aromatic N) is 2. The van der Waals surface area contributed by atoms with Crippen molar-refractivity contribution in [2.75, 3.05) is 32.7 Å². The fraction of sp³-hybridized carbons (Fsp3) is 0.471. The molecule has 1 aromatic rings. The highest BCUT2D eigenvalue weighted by molar-refractivity contribution is 8.00. The van der Waals surface area contributed by atoms with Gasteiger partial charge < -0.3 is 10.2 Å². The molecule has 2 fully saturated rings. The van der Waals surface area contributed by atoms with Crippen LogP contribution in [0.2, 0.25) is 0 Å². The Kier molecular flexibility index (Phi) is 5.20. The van der Waals surface area contributed by atoms with Gasteiger partial charge >= 0.3 is 0 Å². The molecule has 2 aliphatic rings. The molecule has 0 bridgehead atoms. The minimum Gasteiger partial charge on any atom is -0.336 e. The Balaban J connectivity index is 1.78. The van der Waals surface area contributed by atoms with Gasteiger partial charge in [-0.1, -0.05) is 12.1 Å².